The fourth-order valence-electron chi connectivity index (χ4n) is 5.03. The van der Waals surface area contributed by atoms with Gasteiger partial charge in [-0.2, -0.15) is 0 Å². The van der Waals surface area contributed by atoms with Crippen molar-refractivity contribution in [2.24, 2.45) is 11.8 Å². The maximum Gasteiger partial charge on any atom is 0.309 e. The van der Waals surface area contributed by atoms with E-state index in [9.17, 15) is 24.3 Å². The predicted molar refractivity (Wildman–Crippen MR) is 145 cm³/mol. The molecule has 3 atom stereocenters. The number of rotatable bonds is 8. The van der Waals surface area contributed by atoms with Crippen molar-refractivity contribution in [2.45, 2.75) is 77.5 Å². The number of cyclic esters (lactones) is 1. The number of aliphatic hydroxyl groups is 1. The summed E-state index contributed by atoms with van der Waals surface area (Å²) in [6, 6.07) is 9.28. The highest BCUT2D eigenvalue weighted by Crippen LogP contribution is 2.26. The molecule has 2 aliphatic rings. The second kappa shape index (κ2) is 14.3. The van der Waals surface area contributed by atoms with E-state index < -0.39 is 29.4 Å². The lowest BCUT2D eigenvalue weighted by atomic mass is 9.95. The first-order valence-electron chi connectivity index (χ1n) is 13.8. The maximum atomic E-state index is 13.6. The van der Waals surface area contributed by atoms with E-state index in [1.807, 2.05) is 36.4 Å². The molecule has 0 spiro atoms. The molecule has 0 aromatic heterocycles. The molecule has 1 fully saturated rings. The Bertz CT molecular complexity index is 1020. The standard InChI is InChI=1S/C30H42N2O7/c1-30(2,3)39-27(35)19-24-13-8-7-12-23(28(36)32-15-9-14-25(32)21-38-29(24)37)18-26(34)31(16-17-33)20-22-10-5-4-6-11-22/h4-8,10-11,23-25,33H,9,12-21H2,1-3H3/b8-7+/t23-,24-,25+/m1/s1. The van der Waals surface area contributed by atoms with E-state index in [1.54, 1.807) is 36.6 Å². The molecule has 0 bridgehead atoms. The predicted octanol–water partition coefficient (Wildman–Crippen LogP) is 3.25. The fraction of sp³-hybridized carbons (Fsp3) is 0.600. The van der Waals surface area contributed by atoms with E-state index in [2.05, 4.69) is 0 Å². The van der Waals surface area contributed by atoms with Crippen LogP contribution in [0.4, 0.5) is 0 Å². The molecule has 1 aromatic rings. The van der Waals surface area contributed by atoms with Crippen molar-refractivity contribution in [3.8, 4) is 0 Å². The van der Waals surface area contributed by atoms with Gasteiger partial charge >= 0.3 is 11.9 Å². The summed E-state index contributed by atoms with van der Waals surface area (Å²) >= 11 is 0. The molecule has 0 unspecified atom stereocenters. The zero-order valence-corrected chi connectivity index (χ0v) is 23.3. The zero-order valence-electron chi connectivity index (χ0n) is 23.3. The minimum absolute atomic E-state index is 0.0142. The van der Waals surface area contributed by atoms with Gasteiger partial charge in [-0.15, -0.1) is 0 Å². The van der Waals surface area contributed by atoms with Gasteiger partial charge in [-0.3, -0.25) is 19.2 Å². The minimum Gasteiger partial charge on any atom is -0.463 e. The smallest absolute Gasteiger partial charge is 0.309 e. The molecule has 9 nitrogen and oxygen atoms in total. The van der Waals surface area contributed by atoms with Gasteiger partial charge in [0, 0.05) is 26.1 Å². The van der Waals surface area contributed by atoms with Gasteiger partial charge in [-0.1, -0.05) is 42.5 Å². The summed E-state index contributed by atoms with van der Waals surface area (Å²) in [5, 5.41) is 9.57. The third kappa shape index (κ3) is 9.49. The summed E-state index contributed by atoms with van der Waals surface area (Å²) in [4.78, 5) is 55.6. The highest BCUT2D eigenvalue weighted by molar-refractivity contribution is 5.86. The van der Waals surface area contributed by atoms with Gasteiger partial charge in [-0.05, 0) is 52.0 Å². The normalized spacial score (nSPS) is 23.2. The molecule has 214 valence electrons. The van der Waals surface area contributed by atoms with Crippen LogP contribution in [0.5, 0.6) is 0 Å². The highest BCUT2D eigenvalue weighted by atomic mass is 16.6. The van der Waals surface area contributed by atoms with Gasteiger partial charge in [0.25, 0.3) is 0 Å². The lowest BCUT2D eigenvalue weighted by molar-refractivity contribution is -0.162. The summed E-state index contributed by atoms with van der Waals surface area (Å²) < 4.78 is 11.0. The van der Waals surface area contributed by atoms with Crippen LogP contribution in [0.1, 0.15) is 64.9 Å². The number of carbonyl (C=O) groups is 4. The minimum atomic E-state index is -0.688. The number of esters is 2. The lowest BCUT2D eigenvalue weighted by Crippen LogP contribution is -2.44. The van der Waals surface area contributed by atoms with Crippen molar-refractivity contribution in [2.75, 3.05) is 26.3 Å². The number of aliphatic hydroxyl groups excluding tert-OH is 1. The molecule has 1 aromatic carbocycles. The topological polar surface area (TPSA) is 113 Å². The average Bonchev–Trinajstić information content (AvgIpc) is 3.35. The van der Waals surface area contributed by atoms with Gasteiger partial charge in [0.1, 0.15) is 12.2 Å². The summed E-state index contributed by atoms with van der Waals surface area (Å²) in [7, 11) is 0. The Kier molecular flexibility index (Phi) is 11.1. The average molecular weight is 543 g/mol. The van der Waals surface area contributed by atoms with E-state index in [4.69, 9.17) is 9.47 Å². The molecule has 2 aliphatic heterocycles. The zero-order chi connectivity index (χ0) is 28.4. The molecule has 3 rings (SSSR count). The van der Waals surface area contributed by atoms with E-state index in [1.165, 1.54) is 0 Å². The Balaban J connectivity index is 1.76. The Hall–Kier alpha value is -3.20. The molecule has 2 heterocycles. The van der Waals surface area contributed by atoms with Gasteiger partial charge in [0.2, 0.25) is 11.8 Å². The number of amides is 2. The van der Waals surface area contributed by atoms with Crippen molar-refractivity contribution in [3.63, 3.8) is 0 Å². The number of fused-ring (bicyclic) bond motifs is 1. The first-order chi connectivity index (χ1) is 18.6. The van der Waals surface area contributed by atoms with Crippen LogP contribution in [0, 0.1) is 11.8 Å². The molecule has 0 aliphatic carbocycles. The quantitative estimate of drug-likeness (QED) is 0.396. The molecule has 1 saturated heterocycles. The van der Waals surface area contributed by atoms with E-state index in [0.717, 1.165) is 12.0 Å². The Labute approximate surface area is 231 Å². The summed E-state index contributed by atoms with van der Waals surface area (Å²) in [5.74, 6) is -2.53. The van der Waals surface area contributed by atoms with Gasteiger partial charge in [-0.25, -0.2) is 0 Å². The van der Waals surface area contributed by atoms with E-state index in [0.29, 0.717) is 25.9 Å². The first kappa shape index (κ1) is 30.3. The largest absolute Gasteiger partial charge is 0.463 e. The van der Waals surface area contributed by atoms with Gasteiger partial charge in [0.15, 0.2) is 0 Å². The summed E-state index contributed by atoms with van der Waals surface area (Å²) in [6.45, 7) is 6.29. The Morgan fingerprint density at radius 2 is 1.77 bits per heavy atom. The second-order valence-electron chi connectivity index (χ2n) is 11.3. The monoisotopic (exact) mass is 542 g/mol. The van der Waals surface area contributed by atoms with Crippen molar-refractivity contribution in [1.29, 1.82) is 0 Å². The van der Waals surface area contributed by atoms with Crippen LogP contribution in [0.25, 0.3) is 0 Å². The fourth-order valence-corrected chi connectivity index (χ4v) is 5.03. The summed E-state index contributed by atoms with van der Waals surface area (Å²) in [6.07, 6.45) is 5.61. The molecule has 39 heavy (non-hydrogen) atoms. The summed E-state index contributed by atoms with van der Waals surface area (Å²) in [5.41, 5.74) is 0.290. The van der Waals surface area contributed by atoms with Crippen LogP contribution in [-0.4, -0.2) is 76.6 Å². The van der Waals surface area contributed by atoms with Crippen molar-refractivity contribution in [3.05, 3.63) is 48.0 Å². The Morgan fingerprint density at radius 3 is 2.44 bits per heavy atom. The number of allylic oxidation sites excluding steroid dienone is 2. The van der Waals surface area contributed by atoms with Gasteiger partial charge < -0.3 is 24.4 Å². The van der Waals surface area contributed by atoms with E-state index >= 15 is 0 Å². The number of benzene rings is 1. The number of ether oxygens (including phenoxy) is 2. The third-order valence-corrected chi connectivity index (χ3v) is 6.96. The maximum absolute atomic E-state index is 13.6. The second-order valence-corrected chi connectivity index (χ2v) is 11.3. The number of nitrogens with zero attached hydrogens (tertiary/aromatic N) is 2. The van der Waals surface area contributed by atoms with Crippen LogP contribution in [0.2, 0.25) is 0 Å². The first-order valence-corrected chi connectivity index (χ1v) is 13.8. The van der Waals surface area contributed by atoms with Crippen LogP contribution < -0.4 is 0 Å². The molecule has 9 heteroatoms. The van der Waals surface area contributed by atoms with Crippen LogP contribution >= 0.6 is 0 Å². The highest BCUT2D eigenvalue weighted by Gasteiger charge is 2.36. The van der Waals surface area contributed by atoms with Crippen LogP contribution in [-0.2, 0) is 35.2 Å². The molecular weight excluding hydrogens is 500 g/mol. The van der Waals surface area contributed by atoms with Crippen LogP contribution in [0.15, 0.2) is 42.5 Å². The van der Waals surface area contributed by atoms with Crippen molar-refractivity contribution >= 4 is 23.8 Å². The lowest BCUT2D eigenvalue weighted by Gasteiger charge is -2.30. The van der Waals surface area contributed by atoms with Crippen molar-refractivity contribution in [1.82, 2.24) is 9.80 Å². The third-order valence-electron chi connectivity index (χ3n) is 6.96. The van der Waals surface area contributed by atoms with Gasteiger partial charge in [0.05, 0.1) is 30.9 Å². The van der Waals surface area contributed by atoms with Crippen LogP contribution in [0.3, 0.4) is 0 Å². The molecule has 2 amide bonds. The SMILES string of the molecule is CC(C)(C)OC(=O)C[C@H]1C/C=C/C[C@H](CC(=O)N(CCO)Cc2ccccc2)C(=O)N2CCC[C@H]2COC1=O. The number of hydrogen-bond acceptors (Lipinski definition) is 7. The molecule has 1 N–H and O–H groups in total. The molecular formula is C30H42N2O7. The molecule has 0 saturated carbocycles. The Morgan fingerprint density at radius 1 is 1.08 bits per heavy atom. The van der Waals surface area contributed by atoms with E-state index in [-0.39, 0.29) is 56.9 Å². The molecule has 0 radical (unpaired) electrons. The van der Waals surface area contributed by atoms with Crippen molar-refractivity contribution < 1.29 is 33.8 Å². The number of carbonyl (C=O) groups excluding carboxylic acids is 4. The number of hydrogen-bond donors (Lipinski definition) is 1.